The maximum Gasteiger partial charge on any atom is 0.249 e. The van der Waals surface area contributed by atoms with E-state index in [9.17, 15) is 4.79 Å². The van der Waals surface area contributed by atoms with Crippen LogP contribution in [0.2, 0.25) is 0 Å². The molecule has 1 aromatic heterocycles. The number of aromatic nitrogens is 1. The summed E-state index contributed by atoms with van der Waals surface area (Å²) < 4.78 is 12.1. The molecule has 2 saturated heterocycles. The van der Waals surface area contributed by atoms with Gasteiger partial charge in [-0.25, -0.2) is 0 Å². The summed E-state index contributed by atoms with van der Waals surface area (Å²) in [6.45, 7) is 2.91. The highest BCUT2D eigenvalue weighted by Crippen LogP contribution is 2.41. The van der Waals surface area contributed by atoms with E-state index >= 15 is 0 Å². The third kappa shape index (κ3) is 3.43. The monoisotopic (exact) mass is 342 g/mol. The van der Waals surface area contributed by atoms with Crippen LogP contribution in [0.25, 0.3) is 0 Å². The number of likely N-dealkylation sites (tertiary alicyclic amines) is 1. The minimum Gasteiger partial charge on any atom is -0.491 e. The maximum atomic E-state index is 12.9. The molecule has 2 aliphatic heterocycles. The number of pyridine rings is 1. The number of allylic oxidation sites excluding steroid dienone is 1. The van der Waals surface area contributed by atoms with Gasteiger partial charge in [0, 0.05) is 36.9 Å². The lowest BCUT2D eigenvalue weighted by molar-refractivity contribution is -0.155. The fraction of sp³-hybridized carbons (Fsp3) is 0.600. The Hall–Kier alpha value is -1.88. The molecule has 0 spiro atoms. The summed E-state index contributed by atoms with van der Waals surface area (Å²) in [5.74, 6) is 1.01. The third-order valence-electron chi connectivity index (χ3n) is 5.75. The number of carbonyl (C=O) groups is 1. The van der Waals surface area contributed by atoms with E-state index < -0.39 is 0 Å². The van der Waals surface area contributed by atoms with Gasteiger partial charge in [0.2, 0.25) is 5.91 Å². The number of hydrogen-bond donors (Lipinski definition) is 0. The summed E-state index contributed by atoms with van der Waals surface area (Å²) in [6.07, 6.45) is 11.8. The number of hydrogen-bond acceptors (Lipinski definition) is 4. The van der Waals surface area contributed by atoms with Gasteiger partial charge in [-0.05, 0) is 50.7 Å². The summed E-state index contributed by atoms with van der Waals surface area (Å²) in [5, 5.41) is 0. The molecule has 0 N–H and O–H groups in total. The molecular formula is C20H26N2O3. The number of rotatable bonds is 4. The Labute approximate surface area is 149 Å². The van der Waals surface area contributed by atoms with Gasteiger partial charge in [0.15, 0.2) is 0 Å². The van der Waals surface area contributed by atoms with Crippen molar-refractivity contribution in [2.24, 2.45) is 5.41 Å². The van der Waals surface area contributed by atoms with Crippen molar-refractivity contribution in [1.29, 1.82) is 0 Å². The summed E-state index contributed by atoms with van der Waals surface area (Å²) in [5.41, 5.74) is 0.889. The van der Waals surface area contributed by atoms with Crippen LogP contribution in [0.5, 0.6) is 5.75 Å². The van der Waals surface area contributed by atoms with Gasteiger partial charge in [-0.2, -0.15) is 0 Å². The number of ether oxygens (including phenoxy) is 2. The molecule has 2 atom stereocenters. The summed E-state index contributed by atoms with van der Waals surface area (Å²) >= 11 is 0. The Kier molecular flexibility index (Phi) is 4.75. The maximum absolute atomic E-state index is 12.9. The standard InChI is InChI=1S/C20H26N2O3/c23-19(16-5-1-2-6-16)22-11-8-18-20(14-22,9-4-12-24-18)15-25-17-7-3-10-21-13-17/h3,5,7,10,13,18H,1-2,4,6,8-9,11-12,14-15H2. The van der Waals surface area contributed by atoms with Crippen molar-refractivity contribution in [1.82, 2.24) is 9.88 Å². The van der Waals surface area contributed by atoms with Gasteiger partial charge in [-0.3, -0.25) is 9.78 Å². The van der Waals surface area contributed by atoms with Crippen molar-refractivity contribution in [3.63, 3.8) is 0 Å². The zero-order valence-corrected chi connectivity index (χ0v) is 14.7. The highest BCUT2D eigenvalue weighted by molar-refractivity contribution is 5.93. The van der Waals surface area contributed by atoms with Gasteiger partial charge in [-0.15, -0.1) is 0 Å². The fourth-order valence-electron chi connectivity index (χ4n) is 4.40. The topological polar surface area (TPSA) is 51.7 Å². The fourth-order valence-corrected chi connectivity index (χ4v) is 4.40. The lowest BCUT2D eigenvalue weighted by atomic mass is 9.73. The Morgan fingerprint density at radius 3 is 3.20 bits per heavy atom. The first-order chi connectivity index (χ1) is 12.3. The Morgan fingerprint density at radius 2 is 2.40 bits per heavy atom. The predicted octanol–water partition coefficient (Wildman–Crippen LogP) is 2.97. The van der Waals surface area contributed by atoms with E-state index in [2.05, 4.69) is 11.1 Å². The molecule has 0 aromatic carbocycles. The third-order valence-corrected chi connectivity index (χ3v) is 5.75. The number of piperidine rings is 1. The quantitative estimate of drug-likeness (QED) is 0.844. The van der Waals surface area contributed by atoms with Crippen LogP contribution in [-0.4, -0.2) is 48.2 Å². The van der Waals surface area contributed by atoms with E-state index in [0.29, 0.717) is 6.61 Å². The van der Waals surface area contributed by atoms with Gasteiger partial charge < -0.3 is 14.4 Å². The average Bonchev–Trinajstić information content (AvgIpc) is 3.21. The largest absolute Gasteiger partial charge is 0.491 e. The van der Waals surface area contributed by atoms with Crippen molar-refractivity contribution in [2.75, 3.05) is 26.3 Å². The SMILES string of the molecule is O=C(C1=CCCC1)N1CCC2OCCCC2(COc2cccnc2)C1. The summed E-state index contributed by atoms with van der Waals surface area (Å²) in [4.78, 5) is 19.0. The van der Waals surface area contributed by atoms with E-state index in [1.54, 1.807) is 12.4 Å². The van der Waals surface area contributed by atoms with Crippen LogP contribution in [0.4, 0.5) is 0 Å². The first kappa shape index (κ1) is 16.6. The lowest BCUT2D eigenvalue weighted by Crippen LogP contribution is -2.58. The van der Waals surface area contributed by atoms with Crippen LogP contribution in [0.3, 0.4) is 0 Å². The molecule has 2 fully saturated rings. The van der Waals surface area contributed by atoms with Crippen LogP contribution in [-0.2, 0) is 9.53 Å². The van der Waals surface area contributed by atoms with Gasteiger partial charge in [0.25, 0.3) is 0 Å². The molecule has 0 radical (unpaired) electrons. The molecule has 25 heavy (non-hydrogen) atoms. The van der Waals surface area contributed by atoms with Crippen molar-refractivity contribution in [3.05, 3.63) is 36.2 Å². The molecular weight excluding hydrogens is 316 g/mol. The van der Waals surface area contributed by atoms with Crippen molar-refractivity contribution >= 4 is 5.91 Å². The first-order valence-corrected chi connectivity index (χ1v) is 9.40. The Morgan fingerprint density at radius 1 is 1.44 bits per heavy atom. The van der Waals surface area contributed by atoms with Crippen LogP contribution in [0.15, 0.2) is 36.2 Å². The summed E-state index contributed by atoms with van der Waals surface area (Å²) in [6, 6.07) is 3.81. The number of amides is 1. The van der Waals surface area contributed by atoms with Crippen LogP contribution < -0.4 is 4.74 Å². The molecule has 0 saturated carbocycles. The normalized spacial score (nSPS) is 29.0. The minimum absolute atomic E-state index is 0.110. The Bertz CT molecular complexity index is 646. The Balaban J connectivity index is 1.49. The van der Waals surface area contributed by atoms with Crippen LogP contribution in [0, 0.1) is 5.41 Å². The smallest absolute Gasteiger partial charge is 0.249 e. The molecule has 1 amide bonds. The van der Waals surface area contributed by atoms with Crippen LogP contribution in [0.1, 0.15) is 38.5 Å². The molecule has 3 heterocycles. The van der Waals surface area contributed by atoms with Crippen molar-refractivity contribution < 1.29 is 14.3 Å². The molecule has 1 aromatic rings. The number of fused-ring (bicyclic) bond motifs is 1. The molecule has 1 aliphatic carbocycles. The predicted molar refractivity (Wildman–Crippen MR) is 94.3 cm³/mol. The number of carbonyl (C=O) groups excluding carboxylic acids is 1. The van der Waals surface area contributed by atoms with Gasteiger partial charge in [0.1, 0.15) is 5.75 Å². The molecule has 5 nitrogen and oxygen atoms in total. The summed E-state index contributed by atoms with van der Waals surface area (Å²) in [7, 11) is 0. The van der Waals surface area contributed by atoms with Gasteiger partial charge in [0.05, 0.1) is 18.9 Å². The van der Waals surface area contributed by atoms with E-state index in [1.165, 1.54) is 0 Å². The van der Waals surface area contributed by atoms with E-state index in [4.69, 9.17) is 9.47 Å². The van der Waals surface area contributed by atoms with Crippen molar-refractivity contribution in [3.8, 4) is 5.75 Å². The van der Waals surface area contributed by atoms with Crippen LogP contribution >= 0.6 is 0 Å². The van der Waals surface area contributed by atoms with Gasteiger partial charge in [-0.1, -0.05) is 6.08 Å². The molecule has 134 valence electrons. The van der Waals surface area contributed by atoms with E-state index in [-0.39, 0.29) is 17.4 Å². The molecule has 2 unspecified atom stereocenters. The second-order valence-corrected chi connectivity index (χ2v) is 7.44. The average molecular weight is 342 g/mol. The molecule has 0 bridgehead atoms. The zero-order valence-electron chi connectivity index (χ0n) is 14.7. The molecule has 3 aliphatic rings. The highest BCUT2D eigenvalue weighted by atomic mass is 16.5. The lowest BCUT2D eigenvalue weighted by Gasteiger charge is -2.50. The zero-order chi connectivity index (χ0) is 17.1. The van der Waals surface area contributed by atoms with E-state index in [0.717, 1.165) is 69.5 Å². The molecule has 5 heteroatoms. The number of nitrogens with zero attached hydrogens (tertiary/aromatic N) is 2. The highest BCUT2D eigenvalue weighted by Gasteiger charge is 2.48. The second kappa shape index (κ2) is 7.16. The first-order valence-electron chi connectivity index (χ1n) is 9.40. The van der Waals surface area contributed by atoms with Crippen molar-refractivity contribution in [2.45, 2.75) is 44.6 Å². The van der Waals surface area contributed by atoms with Gasteiger partial charge >= 0.3 is 0 Å². The minimum atomic E-state index is -0.110. The second-order valence-electron chi connectivity index (χ2n) is 7.44. The van der Waals surface area contributed by atoms with E-state index in [1.807, 2.05) is 17.0 Å². The molecule has 4 rings (SSSR count).